The van der Waals surface area contributed by atoms with Crippen molar-refractivity contribution in [1.82, 2.24) is 0 Å². The fourth-order valence-corrected chi connectivity index (χ4v) is 0.819. The molecule has 0 fully saturated rings. The van der Waals surface area contributed by atoms with Gasteiger partial charge in [-0.15, -0.1) is 0 Å². The maximum absolute atomic E-state index is 11.3. The van der Waals surface area contributed by atoms with Crippen LogP contribution in [0.25, 0.3) is 0 Å². The molecule has 0 aromatic rings. The smallest absolute Gasteiger partial charge is 0.347 e. The summed E-state index contributed by atoms with van der Waals surface area (Å²) in [5.41, 5.74) is 0. The zero-order valence-corrected chi connectivity index (χ0v) is 9.36. The molecular formula is C10H18O5. The fraction of sp³-hybridized carbons (Fsp3) is 0.800. The lowest BCUT2D eigenvalue weighted by molar-refractivity contribution is -0.173. The Hall–Kier alpha value is -1.10. The number of carbonyl (C=O) groups is 2. The molecule has 0 saturated heterocycles. The first-order chi connectivity index (χ1) is 7.02. The average molecular weight is 218 g/mol. The van der Waals surface area contributed by atoms with E-state index in [9.17, 15) is 9.59 Å². The third kappa shape index (κ3) is 5.37. The molecule has 1 N–H and O–H groups in total. The Kier molecular flexibility index (Phi) is 6.70. The van der Waals surface area contributed by atoms with Crippen LogP contribution in [-0.4, -0.2) is 35.9 Å². The van der Waals surface area contributed by atoms with Crippen molar-refractivity contribution < 1.29 is 24.2 Å². The Balaban J connectivity index is 4.22. The molecule has 0 aromatic carbocycles. The van der Waals surface area contributed by atoms with E-state index in [1.165, 1.54) is 0 Å². The second-order valence-corrected chi connectivity index (χ2v) is 3.24. The van der Waals surface area contributed by atoms with E-state index in [-0.39, 0.29) is 12.7 Å². The first-order valence-electron chi connectivity index (χ1n) is 5.07. The minimum atomic E-state index is -1.50. The van der Waals surface area contributed by atoms with Crippen LogP contribution in [0.1, 0.15) is 33.6 Å². The summed E-state index contributed by atoms with van der Waals surface area (Å²) in [5, 5.41) is 8.73. The van der Waals surface area contributed by atoms with Crippen LogP contribution in [0, 0.1) is 0 Å². The van der Waals surface area contributed by atoms with Crippen molar-refractivity contribution in [3.05, 3.63) is 0 Å². The van der Waals surface area contributed by atoms with Crippen LogP contribution in [0.4, 0.5) is 0 Å². The maximum Gasteiger partial charge on any atom is 0.347 e. The summed E-state index contributed by atoms with van der Waals surface area (Å²) in [6.45, 7) is 5.61. The second-order valence-electron chi connectivity index (χ2n) is 3.24. The van der Waals surface area contributed by atoms with Gasteiger partial charge in [0.1, 0.15) is 0 Å². The number of carboxylic acids is 1. The van der Waals surface area contributed by atoms with Gasteiger partial charge < -0.3 is 14.6 Å². The van der Waals surface area contributed by atoms with Crippen molar-refractivity contribution in [2.24, 2.45) is 0 Å². The van der Waals surface area contributed by atoms with E-state index in [1.54, 1.807) is 6.92 Å². The first-order valence-corrected chi connectivity index (χ1v) is 5.07. The zero-order valence-electron chi connectivity index (χ0n) is 9.36. The van der Waals surface area contributed by atoms with Crippen molar-refractivity contribution in [2.75, 3.05) is 6.61 Å². The molecule has 15 heavy (non-hydrogen) atoms. The molecule has 0 heterocycles. The molecular weight excluding hydrogens is 200 g/mol. The minimum absolute atomic E-state index is 0.229. The van der Waals surface area contributed by atoms with Gasteiger partial charge in [0.15, 0.2) is 0 Å². The van der Waals surface area contributed by atoms with Crippen LogP contribution in [0.5, 0.6) is 0 Å². The standard InChI is InChI=1S/C10H18O5/c1-4-6-14-8(9(11)12)10(13)15-7(3)5-2/h7-8H,4-6H2,1-3H3,(H,11,12). The Labute approximate surface area is 89.4 Å². The third-order valence-corrected chi connectivity index (χ3v) is 1.82. The van der Waals surface area contributed by atoms with Gasteiger partial charge in [0.2, 0.25) is 0 Å². The molecule has 0 spiro atoms. The lowest BCUT2D eigenvalue weighted by atomic mass is 10.3. The predicted molar refractivity (Wildman–Crippen MR) is 53.5 cm³/mol. The van der Waals surface area contributed by atoms with Crippen LogP contribution in [0.2, 0.25) is 0 Å². The molecule has 2 atom stereocenters. The van der Waals surface area contributed by atoms with Crippen LogP contribution in [0.15, 0.2) is 0 Å². The zero-order chi connectivity index (χ0) is 11.8. The molecule has 0 aliphatic carbocycles. The summed E-state index contributed by atoms with van der Waals surface area (Å²) in [5.74, 6) is -2.14. The van der Waals surface area contributed by atoms with Crippen LogP contribution < -0.4 is 0 Å². The first kappa shape index (κ1) is 13.9. The number of carbonyl (C=O) groups excluding carboxylic acids is 1. The highest BCUT2D eigenvalue weighted by Gasteiger charge is 2.29. The quantitative estimate of drug-likeness (QED) is 0.513. The number of carboxylic acid groups (broad SMARTS) is 1. The van der Waals surface area contributed by atoms with Gasteiger partial charge in [0.25, 0.3) is 6.10 Å². The monoisotopic (exact) mass is 218 g/mol. The number of hydrogen-bond donors (Lipinski definition) is 1. The molecule has 2 unspecified atom stereocenters. The van der Waals surface area contributed by atoms with E-state index in [4.69, 9.17) is 14.6 Å². The van der Waals surface area contributed by atoms with Crippen LogP contribution >= 0.6 is 0 Å². The molecule has 0 aliphatic rings. The van der Waals surface area contributed by atoms with Gasteiger partial charge in [-0.3, -0.25) is 0 Å². The Morgan fingerprint density at radius 2 is 1.93 bits per heavy atom. The maximum atomic E-state index is 11.3. The molecule has 5 nitrogen and oxygen atoms in total. The minimum Gasteiger partial charge on any atom is -0.479 e. The van der Waals surface area contributed by atoms with Gasteiger partial charge >= 0.3 is 11.9 Å². The highest BCUT2D eigenvalue weighted by Crippen LogP contribution is 2.03. The SMILES string of the molecule is CCCOC(C(=O)O)C(=O)OC(C)CC. The van der Waals surface area contributed by atoms with E-state index in [1.807, 2.05) is 13.8 Å². The fourth-order valence-electron chi connectivity index (χ4n) is 0.819. The van der Waals surface area contributed by atoms with Crippen LogP contribution in [-0.2, 0) is 19.1 Å². The Morgan fingerprint density at radius 1 is 1.33 bits per heavy atom. The van der Waals surface area contributed by atoms with E-state index < -0.39 is 18.0 Å². The van der Waals surface area contributed by atoms with Gasteiger partial charge in [0.05, 0.1) is 6.10 Å². The van der Waals surface area contributed by atoms with Crippen molar-refractivity contribution in [3.8, 4) is 0 Å². The molecule has 88 valence electrons. The molecule has 0 amide bonds. The van der Waals surface area contributed by atoms with Crippen LogP contribution in [0.3, 0.4) is 0 Å². The van der Waals surface area contributed by atoms with E-state index in [0.29, 0.717) is 12.8 Å². The number of esters is 1. The largest absolute Gasteiger partial charge is 0.479 e. The number of ether oxygens (including phenoxy) is 2. The van der Waals surface area contributed by atoms with Gasteiger partial charge in [-0.2, -0.15) is 0 Å². The highest BCUT2D eigenvalue weighted by molar-refractivity contribution is 5.97. The second kappa shape index (κ2) is 7.23. The topological polar surface area (TPSA) is 72.8 Å². The predicted octanol–water partition coefficient (Wildman–Crippen LogP) is 1.21. The lowest BCUT2D eigenvalue weighted by Gasteiger charge is -2.15. The third-order valence-electron chi connectivity index (χ3n) is 1.82. The average Bonchev–Trinajstić information content (AvgIpc) is 2.17. The summed E-state index contributed by atoms with van der Waals surface area (Å²) in [6, 6.07) is 0. The summed E-state index contributed by atoms with van der Waals surface area (Å²) in [7, 11) is 0. The normalized spacial score (nSPS) is 14.3. The molecule has 0 aromatic heterocycles. The molecule has 0 bridgehead atoms. The van der Waals surface area contributed by atoms with Gasteiger partial charge in [0, 0.05) is 6.61 Å². The van der Waals surface area contributed by atoms with Gasteiger partial charge in [-0.05, 0) is 19.8 Å². The van der Waals surface area contributed by atoms with Gasteiger partial charge in [-0.25, -0.2) is 9.59 Å². The van der Waals surface area contributed by atoms with E-state index in [2.05, 4.69) is 0 Å². The lowest BCUT2D eigenvalue weighted by Crippen LogP contribution is -2.36. The van der Waals surface area contributed by atoms with E-state index >= 15 is 0 Å². The molecule has 5 heteroatoms. The number of hydrogen-bond acceptors (Lipinski definition) is 4. The molecule has 0 aliphatic heterocycles. The summed E-state index contributed by atoms with van der Waals surface area (Å²) >= 11 is 0. The molecule has 0 rings (SSSR count). The summed E-state index contributed by atoms with van der Waals surface area (Å²) < 4.78 is 9.76. The van der Waals surface area contributed by atoms with Crippen molar-refractivity contribution in [2.45, 2.75) is 45.8 Å². The van der Waals surface area contributed by atoms with Crippen molar-refractivity contribution in [3.63, 3.8) is 0 Å². The number of aliphatic carboxylic acids is 1. The summed E-state index contributed by atoms with van der Waals surface area (Å²) in [6.07, 6.45) is -0.491. The van der Waals surface area contributed by atoms with Gasteiger partial charge in [-0.1, -0.05) is 13.8 Å². The van der Waals surface area contributed by atoms with Crippen molar-refractivity contribution >= 4 is 11.9 Å². The van der Waals surface area contributed by atoms with Crippen molar-refractivity contribution in [1.29, 1.82) is 0 Å². The Morgan fingerprint density at radius 3 is 2.33 bits per heavy atom. The molecule has 0 saturated carbocycles. The Bertz CT molecular complexity index is 214. The van der Waals surface area contributed by atoms with E-state index in [0.717, 1.165) is 0 Å². The highest BCUT2D eigenvalue weighted by atomic mass is 16.6. The summed E-state index contributed by atoms with van der Waals surface area (Å²) in [4.78, 5) is 22.0. The number of rotatable bonds is 7. The molecule has 0 radical (unpaired) electrons.